The Morgan fingerprint density at radius 2 is 2.35 bits per heavy atom. The molecule has 0 radical (unpaired) electrons. The molecule has 2 heterocycles. The molecular weight excluding hydrogens is 214 g/mol. The number of fused-ring (bicyclic) bond motifs is 1. The quantitative estimate of drug-likeness (QED) is 0.837. The van der Waals surface area contributed by atoms with E-state index >= 15 is 0 Å². The standard InChI is InChI=1S/C14H19NO2/c1-10-2-3-14-11(6-10)7-13(17-14)9-15-5-4-12(16)8-15/h2-3,6,12-13,16H,4-5,7-9H2,1H3/t12-,13?/m0/s1. The molecule has 3 nitrogen and oxygen atoms in total. The molecule has 0 saturated carbocycles. The third-order valence-corrected chi connectivity index (χ3v) is 3.67. The van der Waals surface area contributed by atoms with E-state index in [2.05, 4.69) is 30.0 Å². The summed E-state index contributed by atoms with van der Waals surface area (Å²) in [4.78, 5) is 2.30. The van der Waals surface area contributed by atoms with Gasteiger partial charge in [-0.05, 0) is 25.0 Å². The van der Waals surface area contributed by atoms with Crippen molar-refractivity contribution in [2.75, 3.05) is 19.6 Å². The summed E-state index contributed by atoms with van der Waals surface area (Å²) in [6.45, 7) is 4.85. The van der Waals surface area contributed by atoms with Gasteiger partial charge in [0, 0.05) is 26.1 Å². The third kappa shape index (κ3) is 2.31. The van der Waals surface area contributed by atoms with Crippen LogP contribution in [0, 0.1) is 6.92 Å². The first-order valence-corrected chi connectivity index (χ1v) is 6.37. The van der Waals surface area contributed by atoms with Crippen LogP contribution < -0.4 is 4.74 Å². The summed E-state index contributed by atoms with van der Waals surface area (Å²) < 4.78 is 5.94. The Labute approximate surface area is 102 Å². The van der Waals surface area contributed by atoms with Crippen molar-refractivity contribution >= 4 is 0 Å². The molecule has 2 aliphatic heterocycles. The smallest absolute Gasteiger partial charge is 0.123 e. The highest BCUT2D eigenvalue weighted by Gasteiger charge is 2.28. The highest BCUT2D eigenvalue weighted by molar-refractivity contribution is 5.40. The van der Waals surface area contributed by atoms with Gasteiger partial charge in [-0.1, -0.05) is 17.7 Å². The van der Waals surface area contributed by atoms with Crippen LogP contribution in [-0.4, -0.2) is 41.8 Å². The molecule has 0 aliphatic carbocycles. The van der Waals surface area contributed by atoms with E-state index in [0.29, 0.717) is 0 Å². The summed E-state index contributed by atoms with van der Waals surface area (Å²) in [6, 6.07) is 6.39. The number of aliphatic hydroxyl groups excluding tert-OH is 1. The lowest BCUT2D eigenvalue weighted by Crippen LogP contribution is -2.33. The Morgan fingerprint density at radius 1 is 1.47 bits per heavy atom. The first-order chi connectivity index (χ1) is 8.20. The van der Waals surface area contributed by atoms with E-state index in [4.69, 9.17) is 4.74 Å². The average Bonchev–Trinajstić information content (AvgIpc) is 2.84. The number of likely N-dealkylation sites (tertiary alicyclic amines) is 1. The first kappa shape index (κ1) is 11.1. The fraction of sp³-hybridized carbons (Fsp3) is 0.571. The van der Waals surface area contributed by atoms with Gasteiger partial charge in [-0.25, -0.2) is 0 Å². The van der Waals surface area contributed by atoms with Gasteiger partial charge in [0.1, 0.15) is 11.9 Å². The Bertz CT molecular complexity index is 419. The zero-order chi connectivity index (χ0) is 11.8. The molecule has 3 rings (SSSR count). The molecule has 1 fully saturated rings. The van der Waals surface area contributed by atoms with E-state index in [1.807, 2.05) is 0 Å². The topological polar surface area (TPSA) is 32.7 Å². The van der Waals surface area contributed by atoms with Gasteiger partial charge in [0.25, 0.3) is 0 Å². The van der Waals surface area contributed by atoms with E-state index < -0.39 is 0 Å². The van der Waals surface area contributed by atoms with E-state index in [1.165, 1.54) is 11.1 Å². The van der Waals surface area contributed by atoms with E-state index in [1.54, 1.807) is 0 Å². The van der Waals surface area contributed by atoms with Crippen LogP contribution in [0.15, 0.2) is 18.2 Å². The van der Waals surface area contributed by atoms with Crippen LogP contribution in [0.4, 0.5) is 0 Å². The predicted molar refractivity (Wildman–Crippen MR) is 66.4 cm³/mol. The largest absolute Gasteiger partial charge is 0.488 e. The Kier molecular flexibility index (Phi) is 2.81. The SMILES string of the molecule is Cc1ccc2c(c1)CC(CN1CC[C@H](O)C1)O2. The second kappa shape index (κ2) is 4.31. The van der Waals surface area contributed by atoms with Crippen LogP contribution in [0.3, 0.4) is 0 Å². The fourth-order valence-electron chi connectivity index (χ4n) is 2.82. The zero-order valence-electron chi connectivity index (χ0n) is 10.2. The maximum Gasteiger partial charge on any atom is 0.123 e. The number of ether oxygens (including phenoxy) is 1. The number of β-amino-alcohol motifs (C(OH)–C–C–N with tert-alkyl or cyclic N) is 1. The number of hydrogen-bond acceptors (Lipinski definition) is 3. The van der Waals surface area contributed by atoms with E-state index in [0.717, 1.165) is 38.2 Å². The van der Waals surface area contributed by atoms with Crippen molar-refractivity contribution in [3.05, 3.63) is 29.3 Å². The average molecular weight is 233 g/mol. The van der Waals surface area contributed by atoms with Crippen LogP contribution in [0.2, 0.25) is 0 Å². The van der Waals surface area contributed by atoms with Crippen molar-refractivity contribution in [3.8, 4) is 5.75 Å². The molecule has 0 amide bonds. The lowest BCUT2D eigenvalue weighted by Gasteiger charge is -2.19. The highest BCUT2D eigenvalue weighted by Crippen LogP contribution is 2.30. The summed E-state index contributed by atoms with van der Waals surface area (Å²) in [7, 11) is 0. The Hall–Kier alpha value is -1.06. The maximum atomic E-state index is 9.50. The van der Waals surface area contributed by atoms with Gasteiger partial charge < -0.3 is 9.84 Å². The van der Waals surface area contributed by atoms with Crippen LogP contribution in [0.25, 0.3) is 0 Å². The van der Waals surface area contributed by atoms with E-state index in [-0.39, 0.29) is 12.2 Å². The van der Waals surface area contributed by atoms with Crippen molar-refractivity contribution in [1.82, 2.24) is 4.90 Å². The summed E-state index contributed by atoms with van der Waals surface area (Å²) in [6.07, 6.45) is 2.03. The molecule has 1 N–H and O–H groups in total. The van der Waals surface area contributed by atoms with Crippen molar-refractivity contribution in [3.63, 3.8) is 0 Å². The third-order valence-electron chi connectivity index (χ3n) is 3.67. The number of rotatable bonds is 2. The zero-order valence-corrected chi connectivity index (χ0v) is 10.2. The van der Waals surface area contributed by atoms with Crippen LogP contribution >= 0.6 is 0 Å². The number of hydrogen-bond donors (Lipinski definition) is 1. The lowest BCUT2D eigenvalue weighted by atomic mass is 10.1. The van der Waals surface area contributed by atoms with E-state index in [9.17, 15) is 5.11 Å². The minimum absolute atomic E-state index is 0.138. The second-order valence-electron chi connectivity index (χ2n) is 5.26. The molecule has 92 valence electrons. The van der Waals surface area contributed by atoms with Crippen molar-refractivity contribution in [2.45, 2.75) is 32.0 Å². The van der Waals surface area contributed by atoms with Gasteiger partial charge in [-0.15, -0.1) is 0 Å². The summed E-state index contributed by atoms with van der Waals surface area (Å²) in [5, 5.41) is 9.50. The van der Waals surface area contributed by atoms with Gasteiger partial charge in [-0.3, -0.25) is 4.90 Å². The molecule has 0 spiro atoms. The van der Waals surface area contributed by atoms with Crippen molar-refractivity contribution in [1.29, 1.82) is 0 Å². The van der Waals surface area contributed by atoms with Gasteiger partial charge in [0.2, 0.25) is 0 Å². The minimum atomic E-state index is -0.138. The number of aliphatic hydroxyl groups is 1. The summed E-state index contributed by atoms with van der Waals surface area (Å²) >= 11 is 0. The summed E-state index contributed by atoms with van der Waals surface area (Å²) in [5.74, 6) is 1.04. The molecule has 1 aromatic rings. The van der Waals surface area contributed by atoms with Gasteiger partial charge in [-0.2, -0.15) is 0 Å². The lowest BCUT2D eigenvalue weighted by molar-refractivity contribution is 0.142. The minimum Gasteiger partial charge on any atom is -0.488 e. The fourth-order valence-corrected chi connectivity index (χ4v) is 2.82. The predicted octanol–water partition coefficient (Wildman–Crippen LogP) is 1.37. The van der Waals surface area contributed by atoms with Gasteiger partial charge in [0.15, 0.2) is 0 Å². The van der Waals surface area contributed by atoms with Crippen LogP contribution in [0.1, 0.15) is 17.5 Å². The maximum absolute atomic E-state index is 9.50. The Morgan fingerprint density at radius 3 is 3.12 bits per heavy atom. The molecule has 2 aliphatic rings. The molecule has 3 heteroatoms. The Balaban J connectivity index is 1.62. The van der Waals surface area contributed by atoms with Crippen LogP contribution in [0.5, 0.6) is 5.75 Å². The molecule has 1 saturated heterocycles. The molecule has 0 bridgehead atoms. The van der Waals surface area contributed by atoms with Crippen molar-refractivity contribution in [2.24, 2.45) is 0 Å². The number of aryl methyl sites for hydroxylation is 1. The van der Waals surface area contributed by atoms with Gasteiger partial charge in [0.05, 0.1) is 6.10 Å². The second-order valence-corrected chi connectivity index (χ2v) is 5.26. The summed E-state index contributed by atoms with van der Waals surface area (Å²) in [5.41, 5.74) is 2.62. The monoisotopic (exact) mass is 233 g/mol. The number of benzene rings is 1. The molecule has 1 aromatic carbocycles. The molecule has 17 heavy (non-hydrogen) atoms. The van der Waals surface area contributed by atoms with Crippen molar-refractivity contribution < 1.29 is 9.84 Å². The van der Waals surface area contributed by atoms with Crippen LogP contribution in [-0.2, 0) is 6.42 Å². The van der Waals surface area contributed by atoms with Gasteiger partial charge >= 0.3 is 0 Å². The molecule has 1 unspecified atom stereocenters. The molecule has 0 aromatic heterocycles. The normalized spacial score (nSPS) is 28.1. The molecule has 2 atom stereocenters. The number of nitrogens with zero attached hydrogens (tertiary/aromatic N) is 1. The molecular formula is C14H19NO2. The highest BCUT2D eigenvalue weighted by atomic mass is 16.5. The first-order valence-electron chi connectivity index (χ1n) is 6.37.